The number of ether oxygens (including phenoxy) is 4. The van der Waals surface area contributed by atoms with Gasteiger partial charge in [0.15, 0.2) is 12.4 Å². The second kappa shape index (κ2) is 14.0. The summed E-state index contributed by atoms with van der Waals surface area (Å²) in [5, 5.41) is 29.9. The van der Waals surface area contributed by atoms with E-state index >= 15 is 0 Å². The van der Waals surface area contributed by atoms with Crippen LogP contribution in [-0.4, -0.2) is 96.0 Å². The monoisotopic (exact) mass is 486 g/mol. The number of esters is 2. The average molecular weight is 487 g/mol. The zero-order valence-corrected chi connectivity index (χ0v) is 19.1. The van der Waals surface area contributed by atoms with Crippen LogP contribution in [-0.2, 0) is 38.7 Å². The Morgan fingerprint density at radius 1 is 0.969 bits per heavy atom. The Morgan fingerprint density at radius 2 is 1.66 bits per heavy atom. The van der Waals surface area contributed by atoms with Crippen molar-refractivity contribution in [2.24, 2.45) is 0 Å². The third kappa shape index (κ3) is 10.5. The Morgan fingerprint density at radius 3 is 2.25 bits per heavy atom. The van der Waals surface area contributed by atoms with Gasteiger partial charge in [-0.15, -0.1) is 0 Å². The summed E-state index contributed by atoms with van der Waals surface area (Å²) in [4.78, 5) is 23.5. The van der Waals surface area contributed by atoms with Crippen molar-refractivity contribution < 1.29 is 56.8 Å². The number of hydrogen-bond donors (Lipinski definition) is 4. The standard InChI is InChI=1S/C19H34O12S/c1-3-5-6-7-8-15(21)28-9-12(30-14(20)4-2)10-29-19-18(24)17(23)16(22)13(31-19)11-32(25,26)27/h12-13,16-19,22-24H,3-11H2,1-2H3,(H,25,26,27)/t12-,13-,16-,17+,18-,19-/m1/s1. The molecule has 1 fully saturated rings. The molecule has 0 amide bonds. The van der Waals surface area contributed by atoms with E-state index in [0.717, 1.165) is 19.3 Å². The molecule has 6 atom stereocenters. The van der Waals surface area contributed by atoms with Crippen LogP contribution in [0.2, 0.25) is 0 Å². The van der Waals surface area contributed by atoms with Gasteiger partial charge in [0.05, 0.1) is 6.61 Å². The van der Waals surface area contributed by atoms with Crippen molar-refractivity contribution in [3.05, 3.63) is 0 Å². The van der Waals surface area contributed by atoms with E-state index in [4.69, 9.17) is 23.5 Å². The molecule has 0 unspecified atom stereocenters. The highest BCUT2D eigenvalue weighted by Crippen LogP contribution is 2.23. The van der Waals surface area contributed by atoms with Crippen LogP contribution in [0.5, 0.6) is 0 Å². The number of rotatable bonds is 14. The predicted octanol–water partition coefficient (Wildman–Crippen LogP) is -0.466. The minimum Gasteiger partial charge on any atom is -0.462 e. The van der Waals surface area contributed by atoms with E-state index in [-0.39, 0.29) is 19.4 Å². The van der Waals surface area contributed by atoms with Crippen molar-refractivity contribution in [2.45, 2.75) is 89.2 Å². The molecule has 1 saturated heterocycles. The van der Waals surface area contributed by atoms with Crippen LogP contribution in [0.1, 0.15) is 52.4 Å². The Bertz CT molecular complexity index is 682. The van der Waals surface area contributed by atoms with Gasteiger partial charge in [-0.2, -0.15) is 8.42 Å². The summed E-state index contributed by atoms with van der Waals surface area (Å²) in [5.41, 5.74) is 0. The molecule has 1 heterocycles. The van der Waals surface area contributed by atoms with Gasteiger partial charge < -0.3 is 34.3 Å². The van der Waals surface area contributed by atoms with Crippen molar-refractivity contribution in [3.8, 4) is 0 Å². The Kier molecular flexibility index (Phi) is 12.6. The Labute approximate surface area is 187 Å². The van der Waals surface area contributed by atoms with E-state index in [2.05, 4.69) is 0 Å². The number of aliphatic hydroxyl groups excluding tert-OH is 3. The lowest BCUT2D eigenvalue weighted by atomic mass is 10.00. The topological polar surface area (TPSA) is 186 Å². The van der Waals surface area contributed by atoms with Gasteiger partial charge in [-0.05, 0) is 6.42 Å². The maximum absolute atomic E-state index is 11.9. The van der Waals surface area contributed by atoms with Gasteiger partial charge in [-0.1, -0.05) is 33.1 Å². The molecule has 12 nitrogen and oxygen atoms in total. The molecule has 0 aliphatic carbocycles. The van der Waals surface area contributed by atoms with Crippen molar-refractivity contribution in [1.29, 1.82) is 0 Å². The molecule has 1 aliphatic heterocycles. The Hall–Kier alpha value is -1.35. The van der Waals surface area contributed by atoms with Gasteiger partial charge in [0, 0.05) is 12.8 Å². The van der Waals surface area contributed by atoms with Crippen molar-refractivity contribution in [3.63, 3.8) is 0 Å². The normalized spacial score (nSPS) is 27.0. The lowest BCUT2D eigenvalue weighted by Crippen LogP contribution is -2.60. The lowest BCUT2D eigenvalue weighted by molar-refractivity contribution is -0.297. The number of carbonyl (C=O) groups is 2. The first kappa shape index (κ1) is 28.7. The van der Waals surface area contributed by atoms with Gasteiger partial charge in [0.1, 0.15) is 36.8 Å². The van der Waals surface area contributed by atoms with Crippen LogP contribution in [0.4, 0.5) is 0 Å². The molecule has 188 valence electrons. The van der Waals surface area contributed by atoms with E-state index in [0.29, 0.717) is 6.42 Å². The second-order valence-corrected chi connectivity index (χ2v) is 9.05. The highest BCUT2D eigenvalue weighted by atomic mass is 32.2. The third-order valence-electron chi connectivity index (χ3n) is 4.74. The molecule has 0 radical (unpaired) electrons. The van der Waals surface area contributed by atoms with Gasteiger partial charge in [-0.25, -0.2) is 0 Å². The van der Waals surface area contributed by atoms with E-state index in [9.17, 15) is 33.3 Å². The fraction of sp³-hybridized carbons (Fsp3) is 0.895. The first-order valence-electron chi connectivity index (χ1n) is 10.6. The summed E-state index contributed by atoms with van der Waals surface area (Å²) in [7, 11) is -4.56. The van der Waals surface area contributed by atoms with Crippen LogP contribution < -0.4 is 0 Å². The van der Waals surface area contributed by atoms with E-state index < -0.39 is 71.2 Å². The van der Waals surface area contributed by atoms with Gasteiger partial charge >= 0.3 is 11.9 Å². The quantitative estimate of drug-likeness (QED) is 0.141. The van der Waals surface area contributed by atoms with E-state index in [1.54, 1.807) is 6.92 Å². The maximum Gasteiger partial charge on any atom is 0.305 e. The summed E-state index contributed by atoms with van der Waals surface area (Å²) in [6.07, 6.45) is -5.78. The van der Waals surface area contributed by atoms with Crippen LogP contribution in [0, 0.1) is 0 Å². The summed E-state index contributed by atoms with van der Waals surface area (Å²) >= 11 is 0. The molecular formula is C19H34O12S. The third-order valence-corrected chi connectivity index (χ3v) is 5.49. The van der Waals surface area contributed by atoms with Gasteiger partial charge in [0.25, 0.3) is 10.1 Å². The van der Waals surface area contributed by atoms with Crippen molar-refractivity contribution in [1.82, 2.24) is 0 Å². The molecular weight excluding hydrogens is 452 g/mol. The SMILES string of the molecule is CCCCCCC(=O)OC[C@H](CO[C@@H]1O[C@H](CS(=O)(=O)O)[C@@H](O)[C@H](O)[C@H]1O)OC(=O)CC. The average Bonchev–Trinajstić information content (AvgIpc) is 2.73. The molecule has 0 aromatic heterocycles. The largest absolute Gasteiger partial charge is 0.462 e. The van der Waals surface area contributed by atoms with E-state index in [1.807, 2.05) is 6.92 Å². The molecule has 1 rings (SSSR count). The maximum atomic E-state index is 11.9. The second-order valence-electron chi connectivity index (χ2n) is 7.56. The predicted molar refractivity (Wildman–Crippen MR) is 109 cm³/mol. The molecule has 0 aromatic carbocycles. The fourth-order valence-corrected chi connectivity index (χ4v) is 3.63. The number of hydrogen-bond acceptors (Lipinski definition) is 11. The minimum atomic E-state index is -4.56. The summed E-state index contributed by atoms with van der Waals surface area (Å²) < 4.78 is 51.9. The van der Waals surface area contributed by atoms with Crippen LogP contribution >= 0.6 is 0 Å². The minimum absolute atomic E-state index is 0.0470. The summed E-state index contributed by atoms with van der Waals surface area (Å²) in [5.74, 6) is -2.11. The molecule has 32 heavy (non-hydrogen) atoms. The molecule has 4 N–H and O–H groups in total. The lowest BCUT2D eigenvalue weighted by Gasteiger charge is -2.40. The molecule has 0 aromatic rings. The highest BCUT2D eigenvalue weighted by Gasteiger charge is 2.45. The molecule has 0 bridgehead atoms. The number of carbonyl (C=O) groups excluding carboxylic acids is 2. The number of unbranched alkanes of at least 4 members (excludes halogenated alkanes) is 3. The van der Waals surface area contributed by atoms with Crippen LogP contribution in [0.25, 0.3) is 0 Å². The smallest absolute Gasteiger partial charge is 0.305 e. The fourth-order valence-electron chi connectivity index (χ4n) is 2.94. The van der Waals surface area contributed by atoms with Gasteiger partial charge in [0.2, 0.25) is 0 Å². The summed E-state index contributed by atoms with van der Waals surface area (Å²) in [6, 6.07) is 0. The first-order chi connectivity index (χ1) is 15.0. The molecule has 1 aliphatic rings. The van der Waals surface area contributed by atoms with Crippen LogP contribution in [0.3, 0.4) is 0 Å². The zero-order chi connectivity index (χ0) is 24.3. The van der Waals surface area contributed by atoms with Crippen molar-refractivity contribution >= 4 is 22.1 Å². The van der Waals surface area contributed by atoms with E-state index in [1.165, 1.54) is 0 Å². The highest BCUT2D eigenvalue weighted by molar-refractivity contribution is 7.85. The molecule has 0 spiro atoms. The molecule has 0 saturated carbocycles. The Balaban J connectivity index is 2.67. The van der Waals surface area contributed by atoms with Gasteiger partial charge in [-0.3, -0.25) is 14.1 Å². The first-order valence-corrected chi connectivity index (χ1v) is 12.2. The number of aliphatic hydroxyl groups is 3. The zero-order valence-electron chi connectivity index (χ0n) is 18.3. The summed E-state index contributed by atoms with van der Waals surface area (Å²) in [6.45, 7) is 2.87. The molecule has 13 heteroatoms. The van der Waals surface area contributed by atoms with Crippen LogP contribution in [0.15, 0.2) is 0 Å². The van der Waals surface area contributed by atoms with Crippen molar-refractivity contribution in [2.75, 3.05) is 19.0 Å².